The standard InChI is InChI=1S/C28H27FN2O4/c1-17(2)15-31-28(33)20-6-9-25(34-12-11-30)22(14-20)19-5-10-26-23(13-19)24(16-32)27(35-26)18-3-7-21(29)8-4-18/h3-10,13-14,16-17H,11-12,15,30H2,1-2H3,(H,31,33). The van der Waals surface area contributed by atoms with Gasteiger partial charge in [-0.1, -0.05) is 19.9 Å². The van der Waals surface area contributed by atoms with Crippen molar-refractivity contribution in [2.45, 2.75) is 13.8 Å². The molecule has 0 fully saturated rings. The second-order valence-electron chi connectivity index (χ2n) is 8.63. The molecule has 0 aliphatic heterocycles. The number of halogens is 1. The van der Waals surface area contributed by atoms with Gasteiger partial charge in [-0.3, -0.25) is 9.59 Å². The minimum atomic E-state index is -0.373. The van der Waals surface area contributed by atoms with Crippen LogP contribution in [0.25, 0.3) is 33.4 Å². The summed E-state index contributed by atoms with van der Waals surface area (Å²) in [4.78, 5) is 24.7. The topological polar surface area (TPSA) is 94.6 Å². The van der Waals surface area contributed by atoms with E-state index in [1.807, 2.05) is 26.0 Å². The first-order chi connectivity index (χ1) is 16.9. The van der Waals surface area contributed by atoms with Gasteiger partial charge in [0.2, 0.25) is 0 Å². The fourth-order valence-electron chi connectivity index (χ4n) is 3.81. The van der Waals surface area contributed by atoms with E-state index < -0.39 is 0 Å². The van der Waals surface area contributed by atoms with Crippen LogP contribution in [0.4, 0.5) is 4.39 Å². The molecule has 180 valence electrons. The molecule has 4 rings (SSSR count). The van der Waals surface area contributed by atoms with Gasteiger partial charge in [0.25, 0.3) is 5.91 Å². The second kappa shape index (κ2) is 10.5. The summed E-state index contributed by atoms with van der Waals surface area (Å²) in [5.74, 6) is 0.717. The number of rotatable bonds is 9. The average Bonchev–Trinajstić information content (AvgIpc) is 3.24. The third-order valence-corrected chi connectivity index (χ3v) is 5.55. The Balaban J connectivity index is 1.80. The zero-order valence-corrected chi connectivity index (χ0v) is 19.6. The van der Waals surface area contributed by atoms with Crippen molar-refractivity contribution in [2.75, 3.05) is 19.7 Å². The predicted octanol–water partition coefficient (Wildman–Crippen LogP) is 5.44. The molecule has 0 saturated heterocycles. The minimum Gasteiger partial charge on any atom is -0.492 e. The number of benzene rings is 3. The van der Waals surface area contributed by atoms with Gasteiger partial charge in [0.15, 0.2) is 6.29 Å². The fourth-order valence-corrected chi connectivity index (χ4v) is 3.81. The summed E-state index contributed by atoms with van der Waals surface area (Å²) in [6.07, 6.45) is 0.732. The molecule has 0 bridgehead atoms. The van der Waals surface area contributed by atoms with Crippen molar-refractivity contribution < 1.29 is 23.1 Å². The number of nitrogens with two attached hydrogens (primary N) is 1. The number of ether oxygens (including phenoxy) is 1. The maximum absolute atomic E-state index is 13.4. The van der Waals surface area contributed by atoms with Crippen molar-refractivity contribution in [3.63, 3.8) is 0 Å². The third kappa shape index (κ3) is 5.25. The molecule has 35 heavy (non-hydrogen) atoms. The van der Waals surface area contributed by atoms with E-state index in [1.54, 1.807) is 36.4 Å². The molecule has 7 heteroatoms. The molecular formula is C28H27FN2O4. The van der Waals surface area contributed by atoms with Crippen molar-refractivity contribution in [3.8, 4) is 28.2 Å². The Morgan fingerprint density at radius 2 is 1.83 bits per heavy atom. The maximum atomic E-state index is 13.4. The van der Waals surface area contributed by atoms with Crippen LogP contribution >= 0.6 is 0 Å². The first kappa shape index (κ1) is 24.2. The Labute approximate surface area is 202 Å². The van der Waals surface area contributed by atoms with E-state index in [0.717, 1.165) is 11.8 Å². The van der Waals surface area contributed by atoms with E-state index >= 15 is 0 Å². The predicted molar refractivity (Wildman–Crippen MR) is 134 cm³/mol. The van der Waals surface area contributed by atoms with Crippen LogP contribution in [-0.2, 0) is 0 Å². The lowest BCUT2D eigenvalue weighted by Crippen LogP contribution is -2.27. The molecule has 0 aliphatic carbocycles. The molecule has 0 saturated carbocycles. The molecule has 0 aliphatic rings. The van der Waals surface area contributed by atoms with E-state index in [1.165, 1.54) is 12.1 Å². The molecule has 0 atom stereocenters. The summed E-state index contributed by atoms with van der Waals surface area (Å²) in [5, 5.41) is 3.53. The molecule has 0 spiro atoms. The quantitative estimate of drug-likeness (QED) is 0.315. The average molecular weight is 475 g/mol. The SMILES string of the molecule is CC(C)CNC(=O)c1ccc(OCCN)c(-c2ccc3oc(-c4ccc(F)cc4)c(C=O)c3c2)c1. The highest BCUT2D eigenvalue weighted by atomic mass is 19.1. The van der Waals surface area contributed by atoms with E-state index in [0.29, 0.717) is 70.3 Å². The lowest BCUT2D eigenvalue weighted by atomic mass is 9.98. The van der Waals surface area contributed by atoms with Crippen LogP contribution in [0.1, 0.15) is 34.6 Å². The summed E-state index contributed by atoms with van der Waals surface area (Å²) in [6, 6.07) is 16.4. The summed E-state index contributed by atoms with van der Waals surface area (Å²) in [7, 11) is 0. The first-order valence-corrected chi connectivity index (χ1v) is 11.4. The van der Waals surface area contributed by atoms with Crippen LogP contribution in [0.5, 0.6) is 5.75 Å². The van der Waals surface area contributed by atoms with Gasteiger partial charge in [0.05, 0.1) is 5.56 Å². The number of amides is 1. The Hall–Kier alpha value is -3.97. The van der Waals surface area contributed by atoms with Crippen molar-refractivity contribution in [2.24, 2.45) is 11.7 Å². The van der Waals surface area contributed by atoms with Gasteiger partial charge in [-0.2, -0.15) is 0 Å². The first-order valence-electron chi connectivity index (χ1n) is 11.4. The highest BCUT2D eigenvalue weighted by molar-refractivity contribution is 6.04. The van der Waals surface area contributed by atoms with Gasteiger partial charge < -0.3 is 20.2 Å². The largest absolute Gasteiger partial charge is 0.492 e. The molecule has 3 aromatic carbocycles. The van der Waals surface area contributed by atoms with E-state index in [9.17, 15) is 14.0 Å². The number of carbonyl (C=O) groups is 2. The van der Waals surface area contributed by atoms with Crippen molar-refractivity contribution in [1.82, 2.24) is 5.32 Å². The van der Waals surface area contributed by atoms with E-state index in [4.69, 9.17) is 14.9 Å². The van der Waals surface area contributed by atoms with Crippen LogP contribution < -0.4 is 15.8 Å². The normalized spacial score (nSPS) is 11.1. The minimum absolute atomic E-state index is 0.179. The van der Waals surface area contributed by atoms with Crippen LogP contribution in [0.2, 0.25) is 0 Å². The summed E-state index contributed by atoms with van der Waals surface area (Å²) in [5.41, 5.74) is 9.05. The fraction of sp³-hybridized carbons (Fsp3) is 0.214. The molecule has 3 N–H and O–H groups in total. The molecule has 0 radical (unpaired) electrons. The number of hydrogen-bond acceptors (Lipinski definition) is 5. The zero-order valence-electron chi connectivity index (χ0n) is 19.6. The van der Waals surface area contributed by atoms with Crippen LogP contribution in [0, 0.1) is 11.7 Å². The number of aldehydes is 1. The summed E-state index contributed by atoms with van der Waals surface area (Å²) >= 11 is 0. The van der Waals surface area contributed by atoms with Gasteiger partial charge in [0.1, 0.15) is 29.5 Å². The summed E-state index contributed by atoms with van der Waals surface area (Å²) in [6.45, 7) is 5.28. The monoisotopic (exact) mass is 474 g/mol. The highest BCUT2D eigenvalue weighted by Gasteiger charge is 2.18. The van der Waals surface area contributed by atoms with Crippen molar-refractivity contribution in [1.29, 1.82) is 0 Å². The van der Waals surface area contributed by atoms with Gasteiger partial charge in [-0.15, -0.1) is 0 Å². The van der Waals surface area contributed by atoms with E-state index in [2.05, 4.69) is 5.32 Å². The lowest BCUT2D eigenvalue weighted by molar-refractivity contribution is 0.0948. The lowest BCUT2D eigenvalue weighted by Gasteiger charge is -2.14. The second-order valence-corrected chi connectivity index (χ2v) is 8.63. The molecule has 1 heterocycles. The Morgan fingerprint density at radius 3 is 2.51 bits per heavy atom. The van der Waals surface area contributed by atoms with Gasteiger partial charge in [-0.05, 0) is 66.1 Å². The molecule has 1 aromatic heterocycles. The van der Waals surface area contributed by atoms with Crippen molar-refractivity contribution in [3.05, 3.63) is 77.6 Å². The zero-order chi connectivity index (χ0) is 24.9. The molecule has 4 aromatic rings. The van der Waals surface area contributed by atoms with Gasteiger partial charge in [0, 0.05) is 35.2 Å². The van der Waals surface area contributed by atoms with Crippen LogP contribution in [-0.4, -0.2) is 31.9 Å². The molecule has 6 nitrogen and oxygen atoms in total. The number of fused-ring (bicyclic) bond motifs is 1. The van der Waals surface area contributed by atoms with E-state index in [-0.39, 0.29) is 11.7 Å². The third-order valence-electron chi connectivity index (χ3n) is 5.55. The smallest absolute Gasteiger partial charge is 0.251 e. The highest BCUT2D eigenvalue weighted by Crippen LogP contribution is 2.38. The number of hydrogen-bond donors (Lipinski definition) is 2. The van der Waals surface area contributed by atoms with Crippen molar-refractivity contribution >= 4 is 23.2 Å². The Morgan fingerprint density at radius 1 is 1.09 bits per heavy atom. The Bertz CT molecular complexity index is 1360. The number of nitrogens with one attached hydrogen (secondary N) is 1. The molecule has 1 amide bonds. The summed E-state index contributed by atoms with van der Waals surface area (Å²) < 4.78 is 25.2. The van der Waals surface area contributed by atoms with Crippen LogP contribution in [0.15, 0.2) is 65.1 Å². The number of furan rings is 1. The molecule has 0 unspecified atom stereocenters. The maximum Gasteiger partial charge on any atom is 0.251 e. The van der Waals surface area contributed by atoms with Gasteiger partial charge in [-0.25, -0.2) is 4.39 Å². The number of carbonyl (C=O) groups excluding carboxylic acids is 2. The van der Waals surface area contributed by atoms with Gasteiger partial charge >= 0.3 is 0 Å². The van der Waals surface area contributed by atoms with Crippen LogP contribution in [0.3, 0.4) is 0 Å². The Kier molecular flexibility index (Phi) is 7.27. The molecular weight excluding hydrogens is 447 g/mol.